The maximum Gasteiger partial charge on any atom is 0.0502 e. The van der Waals surface area contributed by atoms with Crippen molar-refractivity contribution in [3.8, 4) is 0 Å². The van der Waals surface area contributed by atoms with Crippen molar-refractivity contribution < 1.29 is 9.84 Å². The summed E-state index contributed by atoms with van der Waals surface area (Å²) in [5, 5.41) is 9.17. The van der Waals surface area contributed by atoms with Crippen LogP contribution in [0.3, 0.4) is 0 Å². The van der Waals surface area contributed by atoms with E-state index in [0.29, 0.717) is 18.4 Å². The molecule has 1 aliphatic rings. The van der Waals surface area contributed by atoms with Crippen LogP contribution in [0, 0.1) is 17.3 Å². The average Bonchev–Trinajstić information content (AvgIpc) is 2.03. The van der Waals surface area contributed by atoms with Gasteiger partial charge in [0.2, 0.25) is 0 Å². The molecule has 2 nitrogen and oxygen atoms in total. The van der Waals surface area contributed by atoms with Crippen molar-refractivity contribution in [2.24, 2.45) is 17.3 Å². The van der Waals surface area contributed by atoms with Gasteiger partial charge in [-0.05, 0) is 23.7 Å². The highest BCUT2D eigenvalue weighted by Crippen LogP contribution is 2.36. The Hall–Kier alpha value is -0.0800. The number of rotatable bonds is 1. The summed E-state index contributed by atoms with van der Waals surface area (Å²) in [5.74, 6) is 0.954. The summed E-state index contributed by atoms with van der Waals surface area (Å²) in [7, 11) is 0. The van der Waals surface area contributed by atoms with Gasteiger partial charge in [-0.2, -0.15) is 0 Å². The van der Waals surface area contributed by atoms with Crippen molar-refractivity contribution in [3.05, 3.63) is 0 Å². The molecular formula is C10H20O2. The van der Waals surface area contributed by atoms with Gasteiger partial charge in [0.05, 0.1) is 6.61 Å². The Morgan fingerprint density at radius 2 is 2.08 bits per heavy atom. The highest BCUT2D eigenvalue weighted by atomic mass is 16.5. The van der Waals surface area contributed by atoms with Crippen molar-refractivity contribution in [3.63, 3.8) is 0 Å². The molecule has 0 saturated carbocycles. The van der Waals surface area contributed by atoms with Crippen LogP contribution in [-0.4, -0.2) is 24.9 Å². The molecule has 0 radical (unpaired) electrons. The van der Waals surface area contributed by atoms with Crippen molar-refractivity contribution in [1.82, 2.24) is 0 Å². The van der Waals surface area contributed by atoms with E-state index in [0.717, 1.165) is 19.6 Å². The smallest absolute Gasteiger partial charge is 0.0502 e. The zero-order chi connectivity index (χ0) is 9.19. The summed E-state index contributed by atoms with van der Waals surface area (Å²) in [6.07, 6.45) is 1.01. The SMILES string of the molecule is CC(C)(C)C1COCCC1CO. The number of hydrogen-bond donors (Lipinski definition) is 1. The zero-order valence-corrected chi connectivity index (χ0v) is 8.34. The Labute approximate surface area is 74.9 Å². The quantitative estimate of drug-likeness (QED) is 0.652. The van der Waals surface area contributed by atoms with Crippen molar-refractivity contribution in [2.75, 3.05) is 19.8 Å². The lowest BCUT2D eigenvalue weighted by Gasteiger charge is -2.39. The van der Waals surface area contributed by atoms with Gasteiger partial charge in [0, 0.05) is 13.2 Å². The van der Waals surface area contributed by atoms with Gasteiger partial charge in [-0.3, -0.25) is 0 Å². The van der Waals surface area contributed by atoms with E-state index in [4.69, 9.17) is 9.84 Å². The topological polar surface area (TPSA) is 29.5 Å². The van der Waals surface area contributed by atoms with Crippen LogP contribution in [0.15, 0.2) is 0 Å². The lowest BCUT2D eigenvalue weighted by molar-refractivity contribution is -0.0463. The van der Waals surface area contributed by atoms with Gasteiger partial charge >= 0.3 is 0 Å². The molecule has 1 N–H and O–H groups in total. The standard InChI is InChI=1S/C10H20O2/c1-10(2,3)9-7-12-5-4-8(9)6-11/h8-9,11H,4-7H2,1-3H3. The molecule has 1 rings (SSSR count). The number of hydrogen-bond acceptors (Lipinski definition) is 2. The first-order valence-corrected chi connectivity index (χ1v) is 4.74. The number of aliphatic hydroxyl groups is 1. The first kappa shape index (κ1) is 10.0. The van der Waals surface area contributed by atoms with E-state index in [1.165, 1.54) is 0 Å². The first-order valence-electron chi connectivity index (χ1n) is 4.74. The summed E-state index contributed by atoms with van der Waals surface area (Å²) >= 11 is 0. The fourth-order valence-electron chi connectivity index (χ4n) is 1.96. The van der Waals surface area contributed by atoms with Gasteiger partial charge in [-0.15, -0.1) is 0 Å². The minimum absolute atomic E-state index is 0.258. The summed E-state index contributed by atoms with van der Waals surface area (Å²) in [5.41, 5.74) is 0.258. The van der Waals surface area contributed by atoms with Gasteiger partial charge in [0.1, 0.15) is 0 Å². The van der Waals surface area contributed by atoms with Crippen LogP contribution < -0.4 is 0 Å². The predicted molar refractivity (Wildman–Crippen MR) is 49.0 cm³/mol. The van der Waals surface area contributed by atoms with Crippen LogP contribution in [0.5, 0.6) is 0 Å². The van der Waals surface area contributed by atoms with Crippen LogP contribution in [0.25, 0.3) is 0 Å². The third kappa shape index (κ3) is 2.20. The molecule has 0 aromatic carbocycles. The van der Waals surface area contributed by atoms with Gasteiger partial charge in [-0.1, -0.05) is 20.8 Å². The van der Waals surface area contributed by atoms with Crippen LogP contribution in [-0.2, 0) is 4.74 Å². The molecule has 0 aliphatic carbocycles. The van der Waals surface area contributed by atoms with Crippen LogP contribution >= 0.6 is 0 Å². The minimum Gasteiger partial charge on any atom is -0.396 e. The Balaban J connectivity index is 2.59. The molecule has 12 heavy (non-hydrogen) atoms. The third-order valence-corrected chi connectivity index (χ3v) is 2.85. The Morgan fingerprint density at radius 3 is 2.50 bits per heavy atom. The summed E-state index contributed by atoms with van der Waals surface area (Å²) in [6.45, 7) is 8.59. The molecule has 1 saturated heterocycles. The second kappa shape index (κ2) is 3.75. The van der Waals surface area contributed by atoms with E-state index >= 15 is 0 Å². The van der Waals surface area contributed by atoms with Crippen LogP contribution in [0.2, 0.25) is 0 Å². The summed E-state index contributed by atoms with van der Waals surface area (Å²) < 4.78 is 5.43. The van der Waals surface area contributed by atoms with Crippen LogP contribution in [0.1, 0.15) is 27.2 Å². The predicted octanol–water partition coefficient (Wildman–Crippen LogP) is 1.68. The molecule has 0 bridgehead atoms. The van der Waals surface area contributed by atoms with E-state index < -0.39 is 0 Å². The van der Waals surface area contributed by atoms with Gasteiger partial charge in [-0.25, -0.2) is 0 Å². The fourth-order valence-corrected chi connectivity index (χ4v) is 1.96. The van der Waals surface area contributed by atoms with Crippen LogP contribution in [0.4, 0.5) is 0 Å². The van der Waals surface area contributed by atoms with Gasteiger partial charge < -0.3 is 9.84 Å². The molecule has 0 spiro atoms. The molecule has 2 atom stereocenters. The molecular weight excluding hydrogens is 152 g/mol. The lowest BCUT2D eigenvalue weighted by Crippen LogP contribution is -2.38. The lowest BCUT2D eigenvalue weighted by atomic mass is 9.72. The number of aliphatic hydroxyl groups excluding tert-OH is 1. The largest absolute Gasteiger partial charge is 0.396 e. The van der Waals surface area contributed by atoms with Crippen molar-refractivity contribution in [2.45, 2.75) is 27.2 Å². The molecule has 0 aromatic heterocycles. The van der Waals surface area contributed by atoms with Crippen molar-refractivity contribution >= 4 is 0 Å². The summed E-state index contributed by atoms with van der Waals surface area (Å²) in [6, 6.07) is 0. The highest BCUT2D eigenvalue weighted by Gasteiger charge is 2.34. The van der Waals surface area contributed by atoms with Gasteiger partial charge in [0.25, 0.3) is 0 Å². The highest BCUT2D eigenvalue weighted by molar-refractivity contribution is 4.82. The second-order valence-corrected chi connectivity index (χ2v) is 4.78. The molecule has 2 unspecified atom stereocenters. The first-order chi connectivity index (χ1) is 5.55. The minimum atomic E-state index is 0.258. The average molecular weight is 172 g/mol. The zero-order valence-electron chi connectivity index (χ0n) is 8.34. The third-order valence-electron chi connectivity index (χ3n) is 2.85. The van der Waals surface area contributed by atoms with Gasteiger partial charge in [0.15, 0.2) is 0 Å². The van der Waals surface area contributed by atoms with E-state index in [2.05, 4.69) is 20.8 Å². The number of ether oxygens (including phenoxy) is 1. The molecule has 1 heterocycles. The van der Waals surface area contributed by atoms with E-state index in [9.17, 15) is 0 Å². The molecule has 1 fully saturated rings. The Kier molecular flexibility index (Phi) is 3.13. The molecule has 0 amide bonds. The maximum absolute atomic E-state index is 9.17. The monoisotopic (exact) mass is 172 g/mol. The molecule has 0 aromatic rings. The normalized spacial score (nSPS) is 32.0. The molecule has 1 aliphatic heterocycles. The van der Waals surface area contributed by atoms with E-state index in [1.807, 2.05) is 0 Å². The Bertz CT molecular complexity index is 137. The Morgan fingerprint density at radius 1 is 1.42 bits per heavy atom. The van der Waals surface area contributed by atoms with E-state index in [1.54, 1.807) is 0 Å². The van der Waals surface area contributed by atoms with E-state index in [-0.39, 0.29) is 5.41 Å². The molecule has 72 valence electrons. The summed E-state index contributed by atoms with van der Waals surface area (Å²) in [4.78, 5) is 0. The van der Waals surface area contributed by atoms with Crippen molar-refractivity contribution in [1.29, 1.82) is 0 Å². The molecule has 2 heteroatoms. The second-order valence-electron chi connectivity index (χ2n) is 4.78. The maximum atomic E-state index is 9.17. The fraction of sp³-hybridized carbons (Fsp3) is 1.00.